The molecular formula is C15H22N2O3. The molecule has 5 heteroatoms. The first kappa shape index (κ1) is 16.0. The maximum atomic E-state index is 12.5. The normalized spacial score (nSPS) is 10.2. The molecule has 0 heterocycles. The first-order chi connectivity index (χ1) is 9.49. The molecule has 0 radical (unpaired) electrons. The quantitative estimate of drug-likeness (QED) is 0.870. The molecule has 110 valence electrons. The van der Waals surface area contributed by atoms with Crippen molar-refractivity contribution in [2.24, 2.45) is 0 Å². The molecule has 0 unspecified atom stereocenters. The standard InChI is InChI=1S/C15H22N2O3/c1-4-16(5-2)15(20)17(11-10-14(18)19)13-8-6-12(3)7-9-13/h6-9H,4-5,10-11H2,1-3H3,(H,18,19). The van der Waals surface area contributed by atoms with Crippen LogP contribution in [0.5, 0.6) is 0 Å². The Morgan fingerprint density at radius 1 is 1.10 bits per heavy atom. The molecular weight excluding hydrogens is 256 g/mol. The molecule has 1 aromatic rings. The van der Waals surface area contributed by atoms with Gasteiger partial charge in [-0.3, -0.25) is 9.69 Å². The molecule has 1 N–H and O–H groups in total. The number of anilines is 1. The van der Waals surface area contributed by atoms with Gasteiger partial charge >= 0.3 is 12.0 Å². The fraction of sp³-hybridized carbons (Fsp3) is 0.467. The van der Waals surface area contributed by atoms with E-state index in [9.17, 15) is 9.59 Å². The van der Waals surface area contributed by atoms with Gasteiger partial charge in [0.05, 0.1) is 6.42 Å². The number of hydrogen-bond donors (Lipinski definition) is 1. The Hall–Kier alpha value is -2.04. The number of carbonyl (C=O) groups is 2. The SMILES string of the molecule is CCN(CC)C(=O)N(CCC(=O)O)c1ccc(C)cc1. The number of carboxylic acids is 1. The molecule has 1 rings (SSSR count). The fourth-order valence-electron chi connectivity index (χ4n) is 1.93. The predicted octanol–water partition coefficient (Wildman–Crippen LogP) is 2.74. The minimum atomic E-state index is -0.908. The number of nitrogens with zero attached hydrogens (tertiary/aromatic N) is 2. The summed E-state index contributed by atoms with van der Waals surface area (Å²) in [6.07, 6.45) is -0.0686. The average molecular weight is 278 g/mol. The minimum absolute atomic E-state index is 0.0686. The third-order valence-electron chi connectivity index (χ3n) is 3.16. The lowest BCUT2D eigenvalue weighted by molar-refractivity contribution is -0.136. The van der Waals surface area contributed by atoms with E-state index in [0.29, 0.717) is 13.1 Å². The summed E-state index contributed by atoms with van der Waals surface area (Å²) in [4.78, 5) is 26.4. The molecule has 0 atom stereocenters. The summed E-state index contributed by atoms with van der Waals surface area (Å²) < 4.78 is 0. The van der Waals surface area contributed by atoms with E-state index in [0.717, 1.165) is 11.3 Å². The van der Waals surface area contributed by atoms with E-state index in [4.69, 9.17) is 5.11 Å². The second kappa shape index (κ2) is 7.53. The van der Waals surface area contributed by atoms with Gasteiger partial charge in [0, 0.05) is 25.3 Å². The molecule has 20 heavy (non-hydrogen) atoms. The molecule has 0 aliphatic rings. The van der Waals surface area contributed by atoms with Crippen LogP contribution in [0.3, 0.4) is 0 Å². The summed E-state index contributed by atoms with van der Waals surface area (Å²) in [5.41, 5.74) is 1.83. The molecule has 0 fully saturated rings. The summed E-state index contributed by atoms with van der Waals surface area (Å²) in [6.45, 7) is 7.17. The van der Waals surface area contributed by atoms with Gasteiger partial charge in [-0.1, -0.05) is 17.7 Å². The lowest BCUT2D eigenvalue weighted by Gasteiger charge is -2.29. The van der Waals surface area contributed by atoms with E-state index in [1.54, 1.807) is 4.90 Å². The van der Waals surface area contributed by atoms with Crippen LogP contribution < -0.4 is 4.90 Å². The van der Waals surface area contributed by atoms with E-state index in [1.165, 1.54) is 4.90 Å². The molecule has 0 saturated carbocycles. The van der Waals surface area contributed by atoms with Crippen LogP contribution in [0.15, 0.2) is 24.3 Å². The van der Waals surface area contributed by atoms with Crippen LogP contribution in [0.1, 0.15) is 25.8 Å². The van der Waals surface area contributed by atoms with Crippen molar-refractivity contribution in [3.63, 3.8) is 0 Å². The smallest absolute Gasteiger partial charge is 0.324 e. The third-order valence-corrected chi connectivity index (χ3v) is 3.16. The number of aliphatic carboxylic acids is 1. The van der Waals surface area contributed by atoms with Crippen molar-refractivity contribution < 1.29 is 14.7 Å². The van der Waals surface area contributed by atoms with Gasteiger partial charge in [0.1, 0.15) is 0 Å². The number of carbonyl (C=O) groups excluding carboxylic acids is 1. The van der Waals surface area contributed by atoms with Crippen molar-refractivity contribution in [3.05, 3.63) is 29.8 Å². The maximum absolute atomic E-state index is 12.5. The van der Waals surface area contributed by atoms with Crippen LogP contribution in [0.2, 0.25) is 0 Å². The van der Waals surface area contributed by atoms with Crippen LogP contribution >= 0.6 is 0 Å². The molecule has 0 bridgehead atoms. The molecule has 2 amide bonds. The molecule has 0 aliphatic carbocycles. The Kier molecular flexibility index (Phi) is 6.03. The monoisotopic (exact) mass is 278 g/mol. The van der Waals surface area contributed by atoms with Crippen molar-refractivity contribution in [2.45, 2.75) is 27.2 Å². The number of amides is 2. The van der Waals surface area contributed by atoms with E-state index >= 15 is 0 Å². The Morgan fingerprint density at radius 2 is 1.65 bits per heavy atom. The second-order valence-corrected chi connectivity index (χ2v) is 4.59. The molecule has 5 nitrogen and oxygen atoms in total. The highest BCUT2D eigenvalue weighted by Gasteiger charge is 2.20. The van der Waals surface area contributed by atoms with Crippen LogP contribution in [0.25, 0.3) is 0 Å². The molecule has 1 aromatic carbocycles. The Bertz CT molecular complexity index is 453. The number of urea groups is 1. The van der Waals surface area contributed by atoms with Crippen LogP contribution in [-0.4, -0.2) is 41.6 Å². The lowest BCUT2D eigenvalue weighted by atomic mass is 10.2. The van der Waals surface area contributed by atoms with Crippen LogP contribution in [0.4, 0.5) is 10.5 Å². The van der Waals surface area contributed by atoms with Crippen LogP contribution in [-0.2, 0) is 4.79 Å². The highest BCUT2D eigenvalue weighted by molar-refractivity contribution is 5.92. The highest BCUT2D eigenvalue weighted by atomic mass is 16.4. The Balaban J connectivity index is 2.97. The van der Waals surface area contributed by atoms with Crippen molar-refractivity contribution in [3.8, 4) is 0 Å². The van der Waals surface area contributed by atoms with E-state index in [-0.39, 0.29) is 19.0 Å². The van der Waals surface area contributed by atoms with Gasteiger partial charge in [-0.15, -0.1) is 0 Å². The van der Waals surface area contributed by atoms with Gasteiger partial charge in [0.2, 0.25) is 0 Å². The number of hydrogen-bond acceptors (Lipinski definition) is 2. The number of benzene rings is 1. The van der Waals surface area contributed by atoms with Gasteiger partial charge in [-0.05, 0) is 32.9 Å². The Morgan fingerprint density at radius 3 is 2.10 bits per heavy atom. The predicted molar refractivity (Wildman–Crippen MR) is 79.1 cm³/mol. The summed E-state index contributed by atoms with van der Waals surface area (Å²) in [5.74, 6) is -0.908. The van der Waals surface area contributed by atoms with Gasteiger partial charge < -0.3 is 10.0 Å². The zero-order chi connectivity index (χ0) is 15.1. The fourth-order valence-corrected chi connectivity index (χ4v) is 1.93. The lowest BCUT2D eigenvalue weighted by Crippen LogP contribution is -2.44. The summed E-state index contributed by atoms with van der Waals surface area (Å²) in [5, 5.41) is 8.84. The molecule has 0 spiro atoms. The summed E-state index contributed by atoms with van der Waals surface area (Å²) in [6, 6.07) is 7.37. The zero-order valence-electron chi connectivity index (χ0n) is 12.3. The first-order valence-corrected chi connectivity index (χ1v) is 6.84. The number of rotatable bonds is 6. The number of carboxylic acid groups (broad SMARTS) is 1. The van der Waals surface area contributed by atoms with Crippen molar-refractivity contribution in [2.75, 3.05) is 24.5 Å². The summed E-state index contributed by atoms with van der Waals surface area (Å²) in [7, 11) is 0. The zero-order valence-corrected chi connectivity index (χ0v) is 12.3. The minimum Gasteiger partial charge on any atom is -0.481 e. The topological polar surface area (TPSA) is 60.9 Å². The van der Waals surface area contributed by atoms with Gasteiger partial charge in [-0.2, -0.15) is 0 Å². The van der Waals surface area contributed by atoms with E-state index < -0.39 is 5.97 Å². The van der Waals surface area contributed by atoms with Gasteiger partial charge in [0.25, 0.3) is 0 Å². The van der Waals surface area contributed by atoms with E-state index in [1.807, 2.05) is 45.0 Å². The Labute approximate surface area is 119 Å². The largest absolute Gasteiger partial charge is 0.481 e. The third kappa shape index (κ3) is 4.26. The molecule has 0 aromatic heterocycles. The van der Waals surface area contributed by atoms with Crippen molar-refractivity contribution in [1.29, 1.82) is 0 Å². The van der Waals surface area contributed by atoms with Crippen molar-refractivity contribution in [1.82, 2.24) is 4.90 Å². The second-order valence-electron chi connectivity index (χ2n) is 4.59. The maximum Gasteiger partial charge on any atom is 0.324 e. The van der Waals surface area contributed by atoms with Gasteiger partial charge in [0.15, 0.2) is 0 Å². The number of aryl methyl sites for hydroxylation is 1. The van der Waals surface area contributed by atoms with Crippen molar-refractivity contribution >= 4 is 17.7 Å². The van der Waals surface area contributed by atoms with Crippen LogP contribution in [0, 0.1) is 6.92 Å². The molecule has 0 aliphatic heterocycles. The van der Waals surface area contributed by atoms with Gasteiger partial charge in [-0.25, -0.2) is 4.79 Å². The molecule has 0 saturated heterocycles. The summed E-state index contributed by atoms with van der Waals surface area (Å²) >= 11 is 0. The van der Waals surface area contributed by atoms with E-state index in [2.05, 4.69) is 0 Å². The highest BCUT2D eigenvalue weighted by Crippen LogP contribution is 2.17. The first-order valence-electron chi connectivity index (χ1n) is 6.84. The average Bonchev–Trinajstić information content (AvgIpc) is 2.42.